The molecule has 0 spiro atoms. The highest BCUT2D eigenvalue weighted by Gasteiger charge is 2.35. The number of thiazole rings is 1. The number of unbranched alkanes of at least 4 members (excludes halogenated alkanes) is 6. The number of allylic oxidation sites excluding steroid dienone is 1. The van der Waals surface area contributed by atoms with Crippen molar-refractivity contribution in [1.82, 2.24) is 4.98 Å². The molecule has 2 heterocycles. The summed E-state index contributed by atoms with van der Waals surface area (Å²) in [7, 11) is 0. The van der Waals surface area contributed by atoms with Crippen LogP contribution in [0.4, 0.5) is 0 Å². The van der Waals surface area contributed by atoms with Crippen molar-refractivity contribution in [3.05, 3.63) is 103 Å². The van der Waals surface area contributed by atoms with E-state index < -0.39 is 35.7 Å². The van der Waals surface area contributed by atoms with Gasteiger partial charge in [0.05, 0.1) is 55.0 Å². The van der Waals surface area contributed by atoms with Crippen molar-refractivity contribution in [3.8, 4) is 32.9 Å². The smallest absolute Gasteiger partial charge is 0.330 e. The second-order valence-corrected chi connectivity index (χ2v) is 20.5. The summed E-state index contributed by atoms with van der Waals surface area (Å²) >= 11 is 2.88. The van der Waals surface area contributed by atoms with E-state index in [9.17, 15) is 28.8 Å². The SMILES string of the molecule is C=CC(=O)OCCCCCCOC1=CCC(OC(=O)[C@H]2CC[C@H](C(=O)Oc3ccc(OC(=O)[C@H]4CC[C@H](C(=O)Oc5ccc(OCCCCCCOC(=O)C=C)cc5)CC4)c4sc(-c5cccs5)nc34)CC2)C=C1. The number of esters is 6. The summed E-state index contributed by atoms with van der Waals surface area (Å²) in [5, 5.41) is 2.65. The number of carbonyl (C=O) groups is 6. The van der Waals surface area contributed by atoms with Gasteiger partial charge in [0.1, 0.15) is 38.6 Å². The van der Waals surface area contributed by atoms with Crippen molar-refractivity contribution in [2.75, 3.05) is 26.4 Å². The van der Waals surface area contributed by atoms with E-state index in [2.05, 4.69) is 13.2 Å². The molecular weight excluding hydrogens is 987 g/mol. The third-order valence-electron chi connectivity index (χ3n) is 13.2. The number of hydrogen-bond donors (Lipinski definition) is 0. The Morgan fingerprint density at radius 1 is 0.581 bits per heavy atom. The van der Waals surface area contributed by atoms with Crippen molar-refractivity contribution in [3.63, 3.8) is 0 Å². The molecule has 2 aromatic carbocycles. The van der Waals surface area contributed by atoms with Gasteiger partial charge >= 0.3 is 35.8 Å². The minimum atomic E-state index is -0.416. The van der Waals surface area contributed by atoms with Crippen LogP contribution in [0.3, 0.4) is 0 Å². The number of nitrogens with zero attached hydrogens (tertiary/aromatic N) is 1. The number of rotatable bonds is 27. The van der Waals surface area contributed by atoms with E-state index >= 15 is 0 Å². The monoisotopic (exact) mass is 1050 g/mol. The van der Waals surface area contributed by atoms with Crippen LogP contribution in [0.2, 0.25) is 0 Å². The molecule has 394 valence electrons. The summed E-state index contributed by atoms with van der Waals surface area (Å²) in [6.07, 6.45) is 18.9. The highest BCUT2D eigenvalue weighted by molar-refractivity contribution is 7.25. The molecule has 1 atom stereocenters. The van der Waals surface area contributed by atoms with Gasteiger partial charge in [0.25, 0.3) is 0 Å². The van der Waals surface area contributed by atoms with Crippen molar-refractivity contribution in [2.45, 2.75) is 115 Å². The Kier molecular flexibility index (Phi) is 21.4. The molecule has 3 aliphatic carbocycles. The molecule has 17 heteroatoms. The Balaban J connectivity index is 0.826. The summed E-state index contributed by atoms with van der Waals surface area (Å²) in [5.41, 5.74) is 0.418. The van der Waals surface area contributed by atoms with Crippen molar-refractivity contribution < 1.29 is 66.7 Å². The molecule has 74 heavy (non-hydrogen) atoms. The maximum atomic E-state index is 13.7. The van der Waals surface area contributed by atoms with Gasteiger partial charge in [-0.25, -0.2) is 14.6 Å². The largest absolute Gasteiger partial charge is 0.494 e. The fraction of sp³-hybridized carbons (Fsp3) is 0.456. The van der Waals surface area contributed by atoms with E-state index in [1.807, 2.05) is 35.7 Å². The van der Waals surface area contributed by atoms with Crippen LogP contribution in [0.15, 0.2) is 103 Å². The average Bonchev–Trinajstić information content (AvgIpc) is 4.14. The first-order valence-corrected chi connectivity index (χ1v) is 27.4. The van der Waals surface area contributed by atoms with Gasteiger partial charge in [0, 0.05) is 18.6 Å². The van der Waals surface area contributed by atoms with Crippen LogP contribution in [0.5, 0.6) is 23.0 Å². The molecule has 15 nitrogen and oxygen atoms in total. The molecular formula is C57H65NO14S2. The van der Waals surface area contributed by atoms with Gasteiger partial charge in [-0.15, -0.1) is 22.7 Å². The van der Waals surface area contributed by atoms with E-state index in [1.165, 1.54) is 22.7 Å². The van der Waals surface area contributed by atoms with Gasteiger partial charge in [0.15, 0.2) is 11.5 Å². The quantitative estimate of drug-likeness (QED) is 0.0180. The molecule has 3 aliphatic rings. The number of ether oxygens (including phenoxy) is 8. The van der Waals surface area contributed by atoms with Gasteiger partial charge in [-0.1, -0.05) is 19.2 Å². The topological polar surface area (TPSA) is 189 Å². The van der Waals surface area contributed by atoms with Crippen LogP contribution in [-0.4, -0.2) is 73.3 Å². The van der Waals surface area contributed by atoms with Gasteiger partial charge in [-0.2, -0.15) is 0 Å². The molecule has 0 amide bonds. The number of hydrogen-bond acceptors (Lipinski definition) is 17. The first-order chi connectivity index (χ1) is 36.1. The molecule has 0 bridgehead atoms. The zero-order valence-corrected chi connectivity index (χ0v) is 43.3. The third-order valence-corrected chi connectivity index (χ3v) is 15.3. The van der Waals surface area contributed by atoms with E-state index in [0.717, 1.165) is 74.2 Å². The second kappa shape index (κ2) is 28.8. The fourth-order valence-electron chi connectivity index (χ4n) is 8.92. The fourth-order valence-corrected chi connectivity index (χ4v) is 10.8. The maximum absolute atomic E-state index is 13.7. The highest BCUT2D eigenvalue weighted by atomic mass is 32.1. The van der Waals surface area contributed by atoms with E-state index in [0.29, 0.717) is 117 Å². The lowest BCUT2D eigenvalue weighted by molar-refractivity contribution is -0.155. The summed E-state index contributed by atoms with van der Waals surface area (Å²) < 4.78 is 45.9. The van der Waals surface area contributed by atoms with E-state index in [1.54, 1.807) is 36.4 Å². The van der Waals surface area contributed by atoms with Crippen molar-refractivity contribution in [1.29, 1.82) is 0 Å². The van der Waals surface area contributed by atoms with Gasteiger partial charge in [0.2, 0.25) is 0 Å². The Hall–Kier alpha value is -6.59. The first kappa shape index (κ1) is 55.2. The minimum Gasteiger partial charge on any atom is -0.494 e. The first-order valence-electron chi connectivity index (χ1n) is 25.7. The molecule has 7 rings (SSSR count). The summed E-state index contributed by atoms with van der Waals surface area (Å²) in [6, 6.07) is 14.1. The maximum Gasteiger partial charge on any atom is 0.330 e. The van der Waals surface area contributed by atoms with Gasteiger partial charge in [-0.3, -0.25) is 19.2 Å². The summed E-state index contributed by atoms with van der Waals surface area (Å²) in [5.74, 6) is -1.31. The standard InChI is InChI=1S/C57H65NO14S2/c1-3-49(59)67-35-11-7-5-9-33-65-42-23-27-44(28-24-42)69-54(61)38-15-19-40(20-16-38)56(63)71-46-31-32-47(52-51(46)58-53(74-52)48-14-13-37-73-48)72-57(64)41-21-17-39(18-22-41)55(62)70-45-29-25-43(26-30-45)66-34-10-6-8-12-36-68-50(60)4-2/h3-4,13-14,23-27,29-32,37-41,44H,1-2,5-12,15-22,28,33-36H2/t38-,39-,40-,41-,44?. The Labute approximate surface area is 439 Å². The zero-order chi connectivity index (χ0) is 52.1. The number of carbonyl (C=O) groups excluding carboxylic acids is 6. The Morgan fingerprint density at radius 3 is 1.64 bits per heavy atom. The number of benzene rings is 2. The van der Waals surface area contributed by atoms with Gasteiger partial charge in [-0.05, 0) is 169 Å². The number of fused-ring (bicyclic) bond motifs is 1. The highest BCUT2D eigenvalue weighted by Crippen LogP contribution is 2.43. The summed E-state index contributed by atoms with van der Waals surface area (Å²) in [6.45, 7) is 8.64. The number of thiophene rings is 1. The minimum absolute atomic E-state index is 0.268. The molecule has 0 saturated heterocycles. The van der Waals surface area contributed by atoms with Crippen molar-refractivity contribution >= 4 is 68.7 Å². The molecule has 0 aliphatic heterocycles. The lowest BCUT2D eigenvalue weighted by Crippen LogP contribution is -2.31. The zero-order valence-electron chi connectivity index (χ0n) is 41.7. The molecule has 0 radical (unpaired) electrons. The molecule has 2 fully saturated rings. The predicted molar refractivity (Wildman–Crippen MR) is 280 cm³/mol. The van der Waals surface area contributed by atoms with Crippen LogP contribution >= 0.6 is 22.7 Å². The number of aromatic nitrogens is 1. The average molecular weight is 1050 g/mol. The van der Waals surface area contributed by atoms with Crippen LogP contribution < -0.4 is 18.9 Å². The lowest BCUT2D eigenvalue weighted by Gasteiger charge is -2.27. The van der Waals surface area contributed by atoms with Crippen LogP contribution in [-0.2, 0) is 47.7 Å². The van der Waals surface area contributed by atoms with Crippen LogP contribution in [0.25, 0.3) is 20.1 Å². The van der Waals surface area contributed by atoms with Crippen molar-refractivity contribution in [2.24, 2.45) is 23.7 Å². The predicted octanol–water partition coefficient (Wildman–Crippen LogP) is 11.8. The molecule has 4 aromatic rings. The van der Waals surface area contributed by atoms with E-state index in [4.69, 9.17) is 42.9 Å². The van der Waals surface area contributed by atoms with Gasteiger partial charge < -0.3 is 37.9 Å². The van der Waals surface area contributed by atoms with Crippen LogP contribution in [0.1, 0.15) is 109 Å². The second-order valence-electron chi connectivity index (χ2n) is 18.5. The lowest BCUT2D eigenvalue weighted by atomic mass is 9.82. The molecule has 2 aromatic heterocycles. The summed E-state index contributed by atoms with van der Waals surface area (Å²) in [4.78, 5) is 81.7. The molecule has 2 saturated carbocycles. The normalized spacial score (nSPS) is 19.3. The van der Waals surface area contributed by atoms with E-state index in [-0.39, 0.29) is 35.6 Å². The Morgan fingerprint density at radius 2 is 1.09 bits per heavy atom. The Bertz CT molecular complexity index is 2600. The molecule has 1 unspecified atom stereocenters. The third kappa shape index (κ3) is 16.7. The molecule has 0 N–H and O–H groups in total. The van der Waals surface area contributed by atoms with Crippen LogP contribution in [0, 0.1) is 23.7 Å².